The van der Waals surface area contributed by atoms with Crippen LogP contribution in [-0.2, 0) is 7.05 Å². The number of nitrogens with one attached hydrogen (secondary N) is 1. The highest BCUT2D eigenvalue weighted by molar-refractivity contribution is 5.96. The van der Waals surface area contributed by atoms with Crippen molar-refractivity contribution in [1.82, 2.24) is 15.1 Å². The van der Waals surface area contributed by atoms with Gasteiger partial charge in [-0.1, -0.05) is 19.8 Å². The Morgan fingerprint density at radius 1 is 1.50 bits per heavy atom. The van der Waals surface area contributed by atoms with Crippen LogP contribution in [0.2, 0.25) is 0 Å². The van der Waals surface area contributed by atoms with Crippen molar-refractivity contribution in [2.24, 2.45) is 12.8 Å². The summed E-state index contributed by atoms with van der Waals surface area (Å²) >= 11 is 0. The number of carbonyl (C=O) groups is 1. The number of nitrogens with two attached hydrogens (primary N) is 1. The molecule has 5 heteroatoms. The highest BCUT2D eigenvalue weighted by Crippen LogP contribution is 2.12. The molecule has 18 heavy (non-hydrogen) atoms. The van der Waals surface area contributed by atoms with Gasteiger partial charge in [0.2, 0.25) is 0 Å². The topological polar surface area (TPSA) is 72.9 Å². The van der Waals surface area contributed by atoms with Crippen LogP contribution >= 0.6 is 0 Å². The minimum Gasteiger partial charge on any atom is -0.348 e. The summed E-state index contributed by atoms with van der Waals surface area (Å²) in [7, 11) is 1.84. The Labute approximate surface area is 109 Å². The second-order valence-corrected chi connectivity index (χ2v) is 4.72. The monoisotopic (exact) mass is 252 g/mol. The summed E-state index contributed by atoms with van der Waals surface area (Å²) < 4.78 is 1.73. The summed E-state index contributed by atoms with van der Waals surface area (Å²) in [5, 5.41) is 7.25. The number of nitrogens with zero attached hydrogens (tertiary/aromatic N) is 2. The average molecular weight is 252 g/mol. The summed E-state index contributed by atoms with van der Waals surface area (Å²) in [5.74, 6) is -0.0651. The molecule has 0 radical (unpaired) electrons. The molecule has 5 nitrogen and oxygen atoms in total. The average Bonchev–Trinajstić information content (AvgIpc) is 2.58. The van der Waals surface area contributed by atoms with Crippen molar-refractivity contribution in [2.45, 2.75) is 46.1 Å². The van der Waals surface area contributed by atoms with Gasteiger partial charge in [0, 0.05) is 25.3 Å². The maximum Gasteiger partial charge on any atom is 0.255 e. The molecule has 0 bridgehead atoms. The first-order valence-corrected chi connectivity index (χ1v) is 6.52. The number of carbonyl (C=O) groups excluding carboxylic acids is 1. The zero-order chi connectivity index (χ0) is 13.7. The third-order valence-electron chi connectivity index (χ3n) is 3.26. The fourth-order valence-corrected chi connectivity index (χ4v) is 2.06. The van der Waals surface area contributed by atoms with Gasteiger partial charge in [0.15, 0.2) is 0 Å². The molecule has 1 aromatic rings. The molecule has 0 fully saturated rings. The molecule has 0 aliphatic heterocycles. The first kappa shape index (κ1) is 14.7. The Hall–Kier alpha value is -1.36. The van der Waals surface area contributed by atoms with E-state index in [0.717, 1.165) is 30.7 Å². The number of hydrogen-bond donors (Lipinski definition) is 2. The molecule has 1 aromatic heterocycles. The molecule has 0 aromatic carbocycles. The molecule has 1 amide bonds. The van der Waals surface area contributed by atoms with Crippen LogP contribution in [-0.4, -0.2) is 28.3 Å². The summed E-state index contributed by atoms with van der Waals surface area (Å²) in [6, 6.07) is 0.0523. The lowest BCUT2D eigenvalue weighted by Gasteiger charge is -2.16. The zero-order valence-electron chi connectivity index (χ0n) is 11.8. The first-order valence-electron chi connectivity index (χ1n) is 6.52. The Morgan fingerprint density at radius 3 is 2.61 bits per heavy atom. The van der Waals surface area contributed by atoms with Crippen LogP contribution in [0.5, 0.6) is 0 Å². The largest absolute Gasteiger partial charge is 0.348 e. The van der Waals surface area contributed by atoms with Gasteiger partial charge in [0.25, 0.3) is 5.91 Å². The second-order valence-electron chi connectivity index (χ2n) is 4.72. The van der Waals surface area contributed by atoms with Crippen LogP contribution in [0.3, 0.4) is 0 Å². The van der Waals surface area contributed by atoms with E-state index < -0.39 is 0 Å². The number of rotatable bonds is 6. The smallest absolute Gasteiger partial charge is 0.255 e. The van der Waals surface area contributed by atoms with Crippen molar-refractivity contribution in [3.8, 4) is 0 Å². The highest BCUT2D eigenvalue weighted by atomic mass is 16.1. The van der Waals surface area contributed by atoms with Gasteiger partial charge >= 0.3 is 0 Å². The van der Waals surface area contributed by atoms with E-state index in [4.69, 9.17) is 5.73 Å². The van der Waals surface area contributed by atoms with Crippen LogP contribution in [0.25, 0.3) is 0 Å². The standard InChI is InChI=1S/C13H24N4O/c1-5-6-7-11(8-14)15-13(18)12-9(2)16-17(4)10(12)3/h11H,5-8,14H2,1-4H3,(H,15,18). The van der Waals surface area contributed by atoms with E-state index in [1.165, 1.54) is 0 Å². The van der Waals surface area contributed by atoms with Crippen LogP contribution in [0.1, 0.15) is 47.9 Å². The van der Waals surface area contributed by atoms with E-state index in [9.17, 15) is 4.79 Å². The number of unbranched alkanes of at least 4 members (excludes halogenated alkanes) is 1. The molecule has 0 aliphatic carbocycles. The lowest BCUT2D eigenvalue weighted by atomic mass is 10.1. The van der Waals surface area contributed by atoms with Gasteiger partial charge in [-0.05, 0) is 20.3 Å². The minimum atomic E-state index is -0.0651. The van der Waals surface area contributed by atoms with Gasteiger partial charge in [-0.2, -0.15) is 5.10 Å². The summed E-state index contributed by atoms with van der Waals surface area (Å²) in [4.78, 5) is 12.2. The van der Waals surface area contributed by atoms with E-state index >= 15 is 0 Å². The molecular formula is C13H24N4O. The lowest BCUT2D eigenvalue weighted by molar-refractivity contribution is 0.0934. The zero-order valence-corrected chi connectivity index (χ0v) is 11.8. The molecule has 102 valence electrons. The van der Waals surface area contributed by atoms with E-state index in [1.54, 1.807) is 4.68 Å². The van der Waals surface area contributed by atoms with E-state index in [1.807, 2.05) is 20.9 Å². The SMILES string of the molecule is CCCCC(CN)NC(=O)c1c(C)nn(C)c1C. The third kappa shape index (κ3) is 3.32. The summed E-state index contributed by atoms with van der Waals surface area (Å²) in [6.45, 7) is 6.36. The van der Waals surface area contributed by atoms with Crippen LogP contribution in [0.15, 0.2) is 0 Å². The molecule has 0 saturated heterocycles. The van der Waals surface area contributed by atoms with Crippen LogP contribution in [0.4, 0.5) is 0 Å². The molecule has 1 atom stereocenters. The quantitative estimate of drug-likeness (QED) is 0.801. The van der Waals surface area contributed by atoms with Crippen molar-refractivity contribution in [2.75, 3.05) is 6.54 Å². The molecule has 1 rings (SSSR count). The van der Waals surface area contributed by atoms with Gasteiger partial charge in [0.05, 0.1) is 11.3 Å². The first-order chi connectivity index (χ1) is 8.51. The van der Waals surface area contributed by atoms with Gasteiger partial charge in [0.1, 0.15) is 0 Å². The van der Waals surface area contributed by atoms with E-state index in [0.29, 0.717) is 12.1 Å². The van der Waals surface area contributed by atoms with Gasteiger partial charge in [-0.25, -0.2) is 0 Å². The predicted octanol–water partition coefficient (Wildman–Crippen LogP) is 1.28. The van der Waals surface area contributed by atoms with Crippen LogP contribution in [0, 0.1) is 13.8 Å². The second kappa shape index (κ2) is 6.54. The molecule has 1 heterocycles. The molecule has 3 N–H and O–H groups in total. The van der Waals surface area contributed by atoms with Gasteiger partial charge < -0.3 is 11.1 Å². The van der Waals surface area contributed by atoms with Crippen molar-refractivity contribution >= 4 is 5.91 Å². The summed E-state index contributed by atoms with van der Waals surface area (Å²) in [6.07, 6.45) is 3.11. The maximum atomic E-state index is 12.2. The number of hydrogen-bond acceptors (Lipinski definition) is 3. The molecule has 0 saturated carbocycles. The third-order valence-corrected chi connectivity index (χ3v) is 3.26. The fraction of sp³-hybridized carbons (Fsp3) is 0.692. The fourth-order valence-electron chi connectivity index (χ4n) is 2.06. The summed E-state index contributed by atoms with van der Waals surface area (Å²) in [5.41, 5.74) is 8.01. The molecule has 0 spiro atoms. The van der Waals surface area contributed by atoms with Gasteiger partial charge in [-0.15, -0.1) is 0 Å². The van der Waals surface area contributed by atoms with Crippen molar-refractivity contribution in [3.63, 3.8) is 0 Å². The number of amides is 1. The Bertz CT molecular complexity index is 411. The Kier molecular flexibility index (Phi) is 5.34. The molecule has 0 aliphatic rings. The molecular weight excluding hydrogens is 228 g/mol. The van der Waals surface area contributed by atoms with Crippen molar-refractivity contribution in [3.05, 3.63) is 17.0 Å². The molecule has 1 unspecified atom stereocenters. The Balaban J connectivity index is 2.74. The maximum absolute atomic E-state index is 12.2. The minimum absolute atomic E-state index is 0.0523. The van der Waals surface area contributed by atoms with Gasteiger partial charge in [-0.3, -0.25) is 9.48 Å². The van der Waals surface area contributed by atoms with Crippen LogP contribution < -0.4 is 11.1 Å². The number of aromatic nitrogens is 2. The number of aryl methyl sites for hydroxylation is 2. The van der Waals surface area contributed by atoms with E-state index in [-0.39, 0.29) is 11.9 Å². The lowest BCUT2D eigenvalue weighted by Crippen LogP contribution is -2.40. The highest BCUT2D eigenvalue weighted by Gasteiger charge is 2.19. The normalized spacial score (nSPS) is 12.5. The van der Waals surface area contributed by atoms with E-state index in [2.05, 4.69) is 17.3 Å². The predicted molar refractivity (Wildman–Crippen MR) is 72.5 cm³/mol. The van der Waals surface area contributed by atoms with Crippen molar-refractivity contribution in [1.29, 1.82) is 0 Å². The Morgan fingerprint density at radius 2 is 2.17 bits per heavy atom. The van der Waals surface area contributed by atoms with Crippen molar-refractivity contribution < 1.29 is 4.79 Å².